The number of piperazine rings is 1. The molecular formula is C16H26ClN3. The standard InChI is InChI=1S/C16H26ClN3/c1-13-4-5-15(10-16(13)17)11-18-14(2)12-20-8-6-19(3)7-9-20/h4-5,10,14,18H,6-9,11-12H2,1-3H3. The van der Waals surface area contributed by atoms with E-state index in [1.54, 1.807) is 0 Å². The van der Waals surface area contributed by atoms with Crippen LogP contribution in [0.3, 0.4) is 0 Å². The van der Waals surface area contributed by atoms with E-state index < -0.39 is 0 Å². The Morgan fingerprint density at radius 1 is 1.25 bits per heavy atom. The van der Waals surface area contributed by atoms with Crippen LogP contribution in [0.25, 0.3) is 0 Å². The number of benzene rings is 1. The first kappa shape index (κ1) is 15.8. The minimum Gasteiger partial charge on any atom is -0.309 e. The lowest BCUT2D eigenvalue weighted by molar-refractivity contribution is 0.144. The van der Waals surface area contributed by atoms with Crippen LogP contribution in [-0.2, 0) is 6.54 Å². The minimum absolute atomic E-state index is 0.499. The summed E-state index contributed by atoms with van der Waals surface area (Å²) in [4.78, 5) is 4.93. The molecule has 20 heavy (non-hydrogen) atoms. The Kier molecular flexibility index (Phi) is 5.85. The Bertz CT molecular complexity index is 428. The van der Waals surface area contributed by atoms with Crippen molar-refractivity contribution < 1.29 is 0 Å². The molecule has 2 rings (SSSR count). The molecular weight excluding hydrogens is 270 g/mol. The van der Waals surface area contributed by atoms with E-state index in [1.165, 1.54) is 31.7 Å². The summed E-state index contributed by atoms with van der Waals surface area (Å²) in [6.45, 7) is 11.0. The fraction of sp³-hybridized carbons (Fsp3) is 0.625. The van der Waals surface area contributed by atoms with Gasteiger partial charge in [0.15, 0.2) is 0 Å². The zero-order chi connectivity index (χ0) is 14.5. The molecule has 0 aliphatic carbocycles. The number of hydrogen-bond acceptors (Lipinski definition) is 3. The maximum absolute atomic E-state index is 6.16. The number of rotatable bonds is 5. The van der Waals surface area contributed by atoms with Gasteiger partial charge in [-0.3, -0.25) is 4.90 Å². The van der Waals surface area contributed by atoms with Crippen LogP contribution in [0.2, 0.25) is 5.02 Å². The summed E-state index contributed by atoms with van der Waals surface area (Å²) in [5.74, 6) is 0. The lowest BCUT2D eigenvalue weighted by Crippen LogP contribution is -2.48. The normalized spacial score (nSPS) is 19.2. The third kappa shape index (κ3) is 4.74. The number of hydrogen-bond donors (Lipinski definition) is 1. The van der Waals surface area contributed by atoms with E-state index in [9.17, 15) is 0 Å². The van der Waals surface area contributed by atoms with Crippen molar-refractivity contribution in [2.24, 2.45) is 0 Å². The van der Waals surface area contributed by atoms with Crippen molar-refractivity contribution in [2.45, 2.75) is 26.4 Å². The van der Waals surface area contributed by atoms with E-state index in [-0.39, 0.29) is 0 Å². The van der Waals surface area contributed by atoms with Gasteiger partial charge >= 0.3 is 0 Å². The fourth-order valence-corrected chi connectivity index (χ4v) is 2.72. The predicted molar refractivity (Wildman–Crippen MR) is 86.4 cm³/mol. The maximum Gasteiger partial charge on any atom is 0.0438 e. The van der Waals surface area contributed by atoms with Crippen LogP contribution in [0.4, 0.5) is 0 Å². The van der Waals surface area contributed by atoms with E-state index in [0.717, 1.165) is 23.7 Å². The molecule has 1 aromatic rings. The minimum atomic E-state index is 0.499. The van der Waals surface area contributed by atoms with E-state index in [4.69, 9.17) is 11.6 Å². The summed E-state index contributed by atoms with van der Waals surface area (Å²) >= 11 is 6.16. The third-order valence-electron chi connectivity index (χ3n) is 4.02. The average molecular weight is 296 g/mol. The maximum atomic E-state index is 6.16. The highest BCUT2D eigenvalue weighted by atomic mass is 35.5. The van der Waals surface area contributed by atoms with Gasteiger partial charge in [-0.1, -0.05) is 23.7 Å². The highest BCUT2D eigenvalue weighted by molar-refractivity contribution is 6.31. The smallest absolute Gasteiger partial charge is 0.0438 e. The second-order valence-electron chi connectivity index (χ2n) is 5.97. The molecule has 1 heterocycles. The molecule has 1 fully saturated rings. The first-order valence-electron chi connectivity index (χ1n) is 7.44. The van der Waals surface area contributed by atoms with Gasteiger partial charge in [0.05, 0.1) is 0 Å². The molecule has 1 aliphatic rings. The summed E-state index contributed by atoms with van der Waals surface area (Å²) in [5, 5.41) is 4.45. The number of aryl methyl sites for hydroxylation is 1. The van der Waals surface area contributed by atoms with E-state index in [0.29, 0.717) is 6.04 Å². The zero-order valence-corrected chi connectivity index (χ0v) is 13.6. The Morgan fingerprint density at radius 2 is 1.95 bits per heavy atom. The van der Waals surface area contributed by atoms with Crippen molar-refractivity contribution in [3.05, 3.63) is 34.3 Å². The lowest BCUT2D eigenvalue weighted by atomic mass is 10.1. The van der Waals surface area contributed by atoms with E-state index in [1.807, 2.05) is 6.92 Å². The highest BCUT2D eigenvalue weighted by Crippen LogP contribution is 2.16. The average Bonchev–Trinajstić information content (AvgIpc) is 2.43. The Morgan fingerprint density at radius 3 is 2.60 bits per heavy atom. The van der Waals surface area contributed by atoms with Crippen molar-refractivity contribution >= 4 is 11.6 Å². The van der Waals surface area contributed by atoms with Gasteiger partial charge in [-0.2, -0.15) is 0 Å². The highest BCUT2D eigenvalue weighted by Gasteiger charge is 2.15. The number of likely N-dealkylation sites (N-methyl/N-ethyl adjacent to an activating group) is 1. The van der Waals surface area contributed by atoms with Gasteiger partial charge in [0, 0.05) is 50.3 Å². The molecule has 0 saturated carbocycles. The van der Waals surface area contributed by atoms with E-state index in [2.05, 4.69) is 47.3 Å². The SMILES string of the molecule is Cc1ccc(CNC(C)CN2CCN(C)CC2)cc1Cl. The van der Waals surface area contributed by atoms with Gasteiger partial charge in [0.2, 0.25) is 0 Å². The van der Waals surface area contributed by atoms with Crippen LogP contribution < -0.4 is 5.32 Å². The molecule has 1 unspecified atom stereocenters. The number of nitrogens with zero attached hydrogens (tertiary/aromatic N) is 2. The van der Waals surface area contributed by atoms with Crippen LogP contribution >= 0.6 is 11.6 Å². The van der Waals surface area contributed by atoms with Crippen LogP contribution in [0.1, 0.15) is 18.1 Å². The molecule has 1 aromatic carbocycles. The summed E-state index contributed by atoms with van der Waals surface area (Å²) in [6, 6.07) is 6.80. The van der Waals surface area contributed by atoms with Gasteiger partial charge < -0.3 is 10.2 Å². The first-order valence-corrected chi connectivity index (χ1v) is 7.81. The molecule has 0 aromatic heterocycles. The second-order valence-corrected chi connectivity index (χ2v) is 6.38. The molecule has 0 amide bonds. The molecule has 1 atom stereocenters. The summed E-state index contributed by atoms with van der Waals surface area (Å²) in [5.41, 5.74) is 2.40. The summed E-state index contributed by atoms with van der Waals surface area (Å²) in [7, 11) is 2.19. The van der Waals surface area contributed by atoms with Crippen molar-refractivity contribution in [1.29, 1.82) is 0 Å². The Hall–Kier alpha value is -0.610. The molecule has 1 aliphatic heterocycles. The van der Waals surface area contributed by atoms with Gasteiger partial charge in [-0.15, -0.1) is 0 Å². The van der Waals surface area contributed by atoms with Crippen molar-refractivity contribution in [2.75, 3.05) is 39.8 Å². The predicted octanol–water partition coefficient (Wildman–Crippen LogP) is 2.37. The van der Waals surface area contributed by atoms with Gasteiger partial charge in [-0.05, 0) is 38.1 Å². The monoisotopic (exact) mass is 295 g/mol. The molecule has 3 nitrogen and oxygen atoms in total. The second kappa shape index (κ2) is 7.41. The van der Waals surface area contributed by atoms with Crippen LogP contribution in [0.15, 0.2) is 18.2 Å². The lowest BCUT2D eigenvalue weighted by Gasteiger charge is -2.34. The van der Waals surface area contributed by atoms with Crippen molar-refractivity contribution in [3.63, 3.8) is 0 Å². The number of halogens is 1. The van der Waals surface area contributed by atoms with Crippen LogP contribution in [0.5, 0.6) is 0 Å². The summed E-state index contributed by atoms with van der Waals surface area (Å²) < 4.78 is 0. The molecule has 0 radical (unpaired) electrons. The molecule has 112 valence electrons. The quantitative estimate of drug-likeness (QED) is 0.900. The van der Waals surface area contributed by atoms with Gasteiger partial charge in [0.25, 0.3) is 0 Å². The van der Waals surface area contributed by atoms with Crippen LogP contribution in [0, 0.1) is 6.92 Å². The molecule has 4 heteroatoms. The molecule has 0 bridgehead atoms. The topological polar surface area (TPSA) is 18.5 Å². The Labute approximate surface area is 127 Å². The summed E-state index contributed by atoms with van der Waals surface area (Å²) in [6.07, 6.45) is 0. The van der Waals surface area contributed by atoms with E-state index >= 15 is 0 Å². The van der Waals surface area contributed by atoms with Crippen LogP contribution in [-0.4, -0.2) is 55.6 Å². The van der Waals surface area contributed by atoms with Gasteiger partial charge in [-0.25, -0.2) is 0 Å². The van der Waals surface area contributed by atoms with Gasteiger partial charge in [0.1, 0.15) is 0 Å². The number of nitrogens with one attached hydrogen (secondary N) is 1. The molecule has 1 N–H and O–H groups in total. The third-order valence-corrected chi connectivity index (χ3v) is 4.43. The largest absolute Gasteiger partial charge is 0.309 e. The molecule has 0 spiro atoms. The Balaban J connectivity index is 1.74. The van der Waals surface area contributed by atoms with Crippen molar-refractivity contribution in [1.82, 2.24) is 15.1 Å². The zero-order valence-electron chi connectivity index (χ0n) is 12.8. The molecule has 1 saturated heterocycles. The van der Waals surface area contributed by atoms with Crippen molar-refractivity contribution in [3.8, 4) is 0 Å². The fourth-order valence-electron chi connectivity index (χ4n) is 2.52. The first-order chi connectivity index (χ1) is 9.54.